The summed E-state index contributed by atoms with van der Waals surface area (Å²) in [4.78, 5) is 26.1. The third kappa shape index (κ3) is 3.30. The van der Waals surface area contributed by atoms with Crippen LogP contribution in [0.5, 0.6) is 17.2 Å². The van der Waals surface area contributed by atoms with Crippen molar-refractivity contribution in [1.29, 1.82) is 0 Å². The number of aromatic nitrogens is 1. The Hall–Kier alpha value is -3.68. The summed E-state index contributed by atoms with van der Waals surface area (Å²) in [7, 11) is 9.19. The zero-order valence-electron chi connectivity index (χ0n) is 17.8. The van der Waals surface area contributed by atoms with E-state index in [-0.39, 0.29) is 11.3 Å². The van der Waals surface area contributed by atoms with Crippen LogP contribution in [0.1, 0.15) is 10.5 Å². The number of carbonyl (C=O) groups excluding carboxylic acids is 1. The lowest BCUT2D eigenvalue weighted by atomic mass is 9.96. The zero-order chi connectivity index (χ0) is 22.0. The Labute approximate surface area is 174 Å². The Bertz CT molecular complexity index is 1140. The second-order valence-electron chi connectivity index (χ2n) is 6.64. The van der Waals surface area contributed by atoms with Crippen molar-refractivity contribution < 1.29 is 23.7 Å². The molecule has 8 heteroatoms. The fourth-order valence-corrected chi connectivity index (χ4v) is 3.52. The molecule has 0 radical (unpaired) electrons. The van der Waals surface area contributed by atoms with E-state index in [9.17, 15) is 9.59 Å². The third-order valence-electron chi connectivity index (χ3n) is 4.80. The topological polar surface area (TPSA) is 79.2 Å². The lowest BCUT2D eigenvalue weighted by molar-refractivity contribution is 0.0588. The van der Waals surface area contributed by atoms with Gasteiger partial charge in [0.25, 0.3) is 5.56 Å². The van der Waals surface area contributed by atoms with Gasteiger partial charge in [0.05, 0.1) is 28.4 Å². The summed E-state index contributed by atoms with van der Waals surface area (Å²) in [5, 5.41) is 2.61. The molecule has 0 aliphatic rings. The summed E-state index contributed by atoms with van der Waals surface area (Å²) in [5.74, 6) is 0.632. The maximum atomic E-state index is 13.2. The minimum Gasteiger partial charge on any atom is -0.493 e. The fourth-order valence-electron chi connectivity index (χ4n) is 3.52. The van der Waals surface area contributed by atoms with Crippen LogP contribution in [0.2, 0.25) is 0 Å². The van der Waals surface area contributed by atoms with Gasteiger partial charge in [0.2, 0.25) is 5.75 Å². The molecular weight excluding hydrogens is 388 g/mol. The van der Waals surface area contributed by atoms with E-state index in [0.717, 1.165) is 0 Å². The van der Waals surface area contributed by atoms with Crippen molar-refractivity contribution in [2.24, 2.45) is 0 Å². The lowest BCUT2D eigenvalue weighted by Gasteiger charge is -2.24. The summed E-state index contributed by atoms with van der Waals surface area (Å²) in [6.07, 6.45) is 0. The maximum absolute atomic E-state index is 13.2. The molecular formula is C22H24N2O6. The van der Waals surface area contributed by atoms with Crippen molar-refractivity contribution in [3.05, 3.63) is 52.4 Å². The van der Waals surface area contributed by atoms with Crippen molar-refractivity contribution in [1.82, 2.24) is 4.68 Å². The molecule has 0 bridgehead atoms. The van der Waals surface area contributed by atoms with Crippen molar-refractivity contribution >= 4 is 16.7 Å². The van der Waals surface area contributed by atoms with Gasteiger partial charge in [-0.25, -0.2) is 9.47 Å². The second kappa shape index (κ2) is 8.36. The summed E-state index contributed by atoms with van der Waals surface area (Å²) >= 11 is 0. The van der Waals surface area contributed by atoms with Crippen LogP contribution in [0.25, 0.3) is 21.9 Å². The van der Waals surface area contributed by atoms with Crippen LogP contribution in [-0.4, -0.2) is 53.2 Å². The van der Waals surface area contributed by atoms with E-state index in [1.54, 1.807) is 49.4 Å². The largest absolute Gasteiger partial charge is 0.493 e. The first-order valence-electron chi connectivity index (χ1n) is 9.13. The first kappa shape index (κ1) is 21.0. The highest BCUT2D eigenvalue weighted by molar-refractivity contribution is 6.07. The van der Waals surface area contributed by atoms with Crippen LogP contribution >= 0.6 is 0 Å². The molecule has 0 saturated heterocycles. The summed E-state index contributed by atoms with van der Waals surface area (Å²) in [5.41, 5.74) is 0.898. The average molecular weight is 412 g/mol. The van der Waals surface area contributed by atoms with Crippen molar-refractivity contribution in [3.63, 3.8) is 0 Å². The number of ether oxygens (including phenoxy) is 4. The highest BCUT2D eigenvalue weighted by atomic mass is 16.5. The number of hydrogen-bond acceptors (Lipinski definition) is 7. The van der Waals surface area contributed by atoms with E-state index >= 15 is 0 Å². The SMILES string of the molecule is COC(=O)c1c(-c2cc(OC)c(OC)c(OC)c2)c2ccccc2c(=O)n1N(C)C. The predicted octanol–water partition coefficient (Wildman–Crippen LogP) is 2.68. The van der Waals surface area contributed by atoms with Gasteiger partial charge in [-0.2, -0.15) is 0 Å². The van der Waals surface area contributed by atoms with Crippen LogP contribution < -0.4 is 24.8 Å². The number of pyridine rings is 1. The summed E-state index contributed by atoms with van der Waals surface area (Å²) < 4.78 is 22.7. The molecule has 0 atom stereocenters. The molecule has 3 rings (SSSR count). The van der Waals surface area contributed by atoms with Gasteiger partial charge in [-0.05, 0) is 29.1 Å². The molecule has 2 aromatic carbocycles. The van der Waals surface area contributed by atoms with Crippen LogP contribution in [0.15, 0.2) is 41.2 Å². The van der Waals surface area contributed by atoms with Gasteiger partial charge >= 0.3 is 5.97 Å². The molecule has 0 fully saturated rings. The molecule has 30 heavy (non-hydrogen) atoms. The number of benzene rings is 2. The van der Waals surface area contributed by atoms with Gasteiger partial charge < -0.3 is 24.0 Å². The lowest BCUT2D eigenvalue weighted by Crippen LogP contribution is -2.40. The van der Waals surface area contributed by atoms with E-state index in [0.29, 0.717) is 39.1 Å². The third-order valence-corrected chi connectivity index (χ3v) is 4.80. The van der Waals surface area contributed by atoms with Crippen LogP contribution in [0.4, 0.5) is 0 Å². The molecule has 0 unspecified atom stereocenters. The van der Waals surface area contributed by atoms with Crippen LogP contribution in [0.3, 0.4) is 0 Å². The number of rotatable bonds is 6. The standard InChI is InChI=1S/C22H24N2O6/c1-23(2)24-19(22(26)30-6)18(14-9-7-8-10-15(14)21(24)25)13-11-16(27-3)20(29-5)17(12-13)28-4/h7-12H,1-6H3. The quantitative estimate of drug-likeness (QED) is 0.576. The van der Waals surface area contributed by atoms with Gasteiger partial charge in [-0.3, -0.25) is 4.79 Å². The first-order chi connectivity index (χ1) is 14.4. The normalized spacial score (nSPS) is 10.6. The van der Waals surface area contributed by atoms with E-state index < -0.39 is 5.97 Å². The second-order valence-corrected chi connectivity index (χ2v) is 6.64. The predicted molar refractivity (Wildman–Crippen MR) is 115 cm³/mol. The molecule has 158 valence electrons. The maximum Gasteiger partial charge on any atom is 0.357 e. The average Bonchev–Trinajstić information content (AvgIpc) is 2.76. The minimum absolute atomic E-state index is 0.0977. The van der Waals surface area contributed by atoms with Gasteiger partial charge in [-0.15, -0.1) is 0 Å². The number of methoxy groups -OCH3 is 4. The van der Waals surface area contributed by atoms with Gasteiger partial charge in [-0.1, -0.05) is 18.2 Å². The molecule has 0 N–H and O–H groups in total. The van der Waals surface area contributed by atoms with Crippen LogP contribution in [0, 0.1) is 0 Å². The number of nitrogens with zero attached hydrogens (tertiary/aromatic N) is 2. The number of carbonyl (C=O) groups is 1. The molecule has 3 aromatic rings. The monoisotopic (exact) mass is 412 g/mol. The van der Waals surface area contributed by atoms with E-state index in [2.05, 4.69) is 0 Å². The molecule has 1 aromatic heterocycles. The Morgan fingerprint density at radius 3 is 1.93 bits per heavy atom. The molecule has 8 nitrogen and oxygen atoms in total. The van der Waals surface area contributed by atoms with Crippen molar-refractivity contribution in [2.45, 2.75) is 0 Å². The minimum atomic E-state index is -0.643. The highest BCUT2D eigenvalue weighted by Crippen LogP contribution is 2.43. The van der Waals surface area contributed by atoms with Crippen LogP contribution in [-0.2, 0) is 4.74 Å². The molecule has 0 amide bonds. The summed E-state index contributed by atoms with van der Waals surface area (Å²) in [6, 6.07) is 10.6. The van der Waals surface area contributed by atoms with E-state index in [1.165, 1.54) is 33.1 Å². The number of fused-ring (bicyclic) bond motifs is 1. The smallest absolute Gasteiger partial charge is 0.357 e. The molecule has 0 saturated carbocycles. The molecule has 0 spiro atoms. The fraction of sp³-hybridized carbons (Fsp3) is 0.273. The Morgan fingerprint density at radius 2 is 1.47 bits per heavy atom. The highest BCUT2D eigenvalue weighted by Gasteiger charge is 2.26. The van der Waals surface area contributed by atoms with Gasteiger partial charge in [0.15, 0.2) is 17.2 Å². The molecule has 0 aliphatic carbocycles. The zero-order valence-corrected chi connectivity index (χ0v) is 17.8. The number of esters is 1. The number of hydrogen-bond donors (Lipinski definition) is 0. The van der Waals surface area contributed by atoms with Gasteiger partial charge in [0, 0.05) is 25.0 Å². The van der Waals surface area contributed by atoms with E-state index in [1.807, 2.05) is 6.07 Å². The van der Waals surface area contributed by atoms with Crippen molar-refractivity contribution in [3.8, 4) is 28.4 Å². The molecule has 1 heterocycles. The molecule has 0 aliphatic heterocycles. The van der Waals surface area contributed by atoms with Crippen molar-refractivity contribution in [2.75, 3.05) is 47.5 Å². The Morgan fingerprint density at radius 1 is 0.900 bits per heavy atom. The Balaban J connectivity index is 2.57. The Kier molecular flexibility index (Phi) is 5.86. The van der Waals surface area contributed by atoms with E-state index in [4.69, 9.17) is 18.9 Å². The summed E-state index contributed by atoms with van der Waals surface area (Å²) in [6.45, 7) is 0. The van der Waals surface area contributed by atoms with Gasteiger partial charge in [0.1, 0.15) is 0 Å². The first-order valence-corrected chi connectivity index (χ1v) is 9.13.